The predicted molar refractivity (Wildman–Crippen MR) is 122 cm³/mol. The number of fused-ring (bicyclic) bond motifs is 1. The molecule has 0 aliphatic heterocycles. The van der Waals surface area contributed by atoms with E-state index in [1.54, 1.807) is 35.9 Å². The van der Waals surface area contributed by atoms with Gasteiger partial charge >= 0.3 is 0 Å². The number of aryl methyl sites for hydroxylation is 1. The standard InChI is InChI=1S/C21H23BrClFN4O3/c1-12(2)10-30-6-7-31-27-21(29)14-9-17-20(25-11-28(17)3)18(24)19(14)26-16-5-4-13(22)8-15(16)23/h4-5,8-9,11-12,26H,6-7,10H2,1-3H3,(H,27,29). The molecule has 0 spiro atoms. The molecule has 0 aliphatic rings. The predicted octanol–water partition coefficient (Wildman–Crippen LogP) is 5.21. The second-order valence-corrected chi connectivity index (χ2v) is 8.66. The highest BCUT2D eigenvalue weighted by Crippen LogP contribution is 2.34. The van der Waals surface area contributed by atoms with Gasteiger partial charge in [-0.25, -0.2) is 14.9 Å². The number of carbonyl (C=O) groups excluding carboxylic acids is 1. The molecule has 1 amide bonds. The molecule has 0 fully saturated rings. The summed E-state index contributed by atoms with van der Waals surface area (Å²) in [7, 11) is 1.72. The van der Waals surface area contributed by atoms with Crippen LogP contribution < -0.4 is 10.8 Å². The number of nitrogens with one attached hydrogen (secondary N) is 2. The number of halogens is 3. The van der Waals surface area contributed by atoms with Crippen molar-refractivity contribution in [2.24, 2.45) is 13.0 Å². The van der Waals surface area contributed by atoms with Crippen LogP contribution in [0.15, 0.2) is 35.1 Å². The number of benzene rings is 2. The summed E-state index contributed by atoms with van der Waals surface area (Å²) in [4.78, 5) is 22.1. The van der Waals surface area contributed by atoms with Gasteiger partial charge in [-0.05, 0) is 30.2 Å². The molecule has 0 bridgehead atoms. The van der Waals surface area contributed by atoms with Gasteiger partial charge in [0.2, 0.25) is 0 Å². The van der Waals surface area contributed by atoms with Crippen LogP contribution >= 0.6 is 27.5 Å². The van der Waals surface area contributed by atoms with Crippen molar-refractivity contribution in [3.05, 3.63) is 51.5 Å². The lowest BCUT2D eigenvalue weighted by atomic mass is 10.1. The summed E-state index contributed by atoms with van der Waals surface area (Å²) < 4.78 is 23.1. The molecule has 1 aromatic heterocycles. The molecule has 3 aromatic rings. The molecule has 31 heavy (non-hydrogen) atoms. The van der Waals surface area contributed by atoms with Crippen LogP contribution in [0.2, 0.25) is 5.02 Å². The molecule has 2 aromatic carbocycles. The second-order valence-electron chi connectivity index (χ2n) is 7.33. The third kappa shape index (κ3) is 5.74. The number of amides is 1. The number of hydrogen-bond donors (Lipinski definition) is 2. The average molecular weight is 514 g/mol. The fourth-order valence-electron chi connectivity index (χ4n) is 2.84. The van der Waals surface area contributed by atoms with E-state index in [2.05, 4.69) is 31.7 Å². The normalized spacial score (nSPS) is 11.3. The van der Waals surface area contributed by atoms with Crippen molar-refractivity contribution in [1.29, 1.82) is 0 Å². The number of imidazole rings is 1. The maximum absolute atomic E-state index is 15.3. The van der Waals surface area contributed by atoms with Crippen LogP contribution in [0.25, 0.3) is 11.0 Å². The Morgan fingerprint density at radius 1 is 1.32 bits per heavy atom. The summed E-state index contributed by atoms with van der Waals surface area (Å²) in [5.41, 5.74) is 3.39. The monoisotopic (exact) mass is 512 g/mol. The van der Waals surface area contributed by atoms with Crippen LogP contribution in [0.1, 0.15) is 24.2 Å². The first-order valence-corrected chi connectivity index (χ1v) is 10.8. The molecule has 0 aliphatic carbocycles. The molecule has 0 saturated heterocycles. The lowest BCUT2D eigenvalue weighted by Crippen LogP contribution is -2.27. The Hall–Kier alpha value is -2.20. The highest BCUT2D eigenvalue weighted by Gasteiger charge is 2.22. The van der Waals surface area contributed by atoms with Gasteiger partial charge in [0.25, 0.3) is 5.91 Å². The van der Waals surface area contributed by atoms with E-state index in [0.29, 0.717) is 35.4 Å². The summed E-state index contributed by atoms with van der Waals surface area (Å²) >= 11 is 9.60. The first kappa shape index (κ1) is 23.5. The maximum Gasteiger partial charge on any atom is 0.277 e. The Bertz CT molecular complexity index is 1090. The van der Waals surface area contributed by atoms with Crippen LogP contribution in [0.4, 0.5) is 15.8 Å². The van der Waals surface area contributed by atoms with Crippen molar-refractivity contribution < 1.29 is 18.8 Å². The third-order valence-corrected chi connectivity index (χ3v) is 5.15. The maximum atomic E-state index is 15.3. The van der Waals surface area contributed by atoms with E-state index < -0.39 is 11.7 Å². The summed E-state index contributed by atoms with van der Waals surface area (Å²) in [5, 5.41) is 3.28. The number of carbonyl (C=O) groups is 1. The van der Waals surface area contributed by atoms with Crippen LogP contribution in [0, 0.1) is 11.7 Å². The summed E-state index contributed by atoms with van der Waals surface area (Å²) in [6.45, 7) is 5.17. The van der Waals surface area contributed by atoms with Crippen molar-refractivity contribution in [1.82, 2.24) is 15.0 Å². The van der Waals surface area contributed by atoms with Gasteiger partial charge in [0.1, 0.15) is 5.52 Å². The smallest absolute Gasteiger partial charge is 0.277 e. The Balaban J connectivity index is 1.85. The van der Waals surface area contributed by atoms with Gasteiger partial charge in [-0.1, -0.05) is 41.4 Å². The minimum Gasteiger partial charge on any atom is -0.379 e. The molecule has 0 radical (unpaired) electrons. The van der Waals surface area contributed by atoms with Crippen LogP contribution in [0.3, 0.4) is 0 Å². The highest BCUT2D eigenvalue weighted by molar-refractivity contribution is 9.10. The second kappa shape index (κ2) is 10.4. The number of hydrogen-bond acceptors (Lipinski definition) is 5. The third-order valence-electron chi connectivity index (χ3n) is 4.34. The van der Waals surface area contributed by atoms with Crippen molar-refractivity contribution in [3.63, 3.8) is 0 Å². The van der Waals surface area contributed by atoms with Gasteiger partial charge in [-0.2, -0.15) is 0 Å². The zero-order valence-corrected chi connectivity index (χ0v) is 19.7. The van der Waals surface area contributed by atoms with Crippen molar-refractivity contribution in [2.75, 3.05) is 25.1 Å². The molecule has 2 N–H and O–H groups in total. The van der Waals surface area contributed by atoms with Crippen molar-refractivity contribution in [3.8, 4) is 0 Å². The summed E-state index contributed by atoms with van der Waals surface area (Å²) in [5.74, 6) is -0.869. The number of hydroxylamine groups is 1. The lowest BCUT2D eigenvalue weighted by molar-refractivity contribution is -0.00483. The Kier molecular flexibility index (Phi) is 7.88. The van der Waals surface area contributed by atoms with E-state index in [9.17, 15) is 4.79 Å². The topological polar surface area (TPSA) is 77.4 Å². The minimum absolute atomic E-state index is 0.0485. The van der Waals surface area contributed by atoms with Gasteiger partial charge in [0.05, 0.1) is 47.0 Å². The fraction of sp³-hybridized carbons (Fsp3) is 0.333. The Morgan fingerprint density at radius 3 is 2.81 bits per heavy atom. The molecule has 3 rings (SSSR count). The molecular weight excluding hydrogens is 491 g/mol. The fourth-order valence-corrected chi connectivity index (χ4v) is 3.56. The SMILES string of the molecule is CC(C)COCCONC(=O)c1cc2c(ncn2C)c(F)c1Nc1ccc(Br)cc1Cl. The van der Waals surface area contributed by atoms with E-state index in [1.807, 2.05) is 13.8 Å². The number of rotatable bonds is 9. The van der Waals surface area contributed by atoms with Crippen LogP contribution in [0.5, 0.6) is 0 Å². The first-order chi connectivity index (χ1) is 14.8. The number of aromatic nitrogens is 2. The minimum atomic E-state index is -0.664. The van der Waals surface area contributed by atoms with Gasteiger partial charge in [-0.3, -0.25) is 9.63 Å². The zero-order valence-electron chi connectivity index (χ0n) is 17.3. The van der Waals surface area contributed by atoms with Gasteiger partial charge in [-0.15, -0.1) is 0 Å². The van der Waals surface area contributed by atoms with Crippen LogP contribution in [-0.4, -0.2) is 35.3 Å². The average Bonchev–Trinajstić information content (AvgIpc) is 3.09. The zero-order chi connectivity index (χ0) is 22.5. The molecule has 166 valence electrons. The summed E-state index contributed by atoms with van der Waals surface area (Å²) in [6.07, 6.45) is 1.48. The van der Waals surface area contributed by atoms with Crippen molar-refractivity contribution >= 4 is 55.8 Å². The van der Waals surface area contributed by atoms with Crippen LogP contribution in [-0.2, 0) is 16.6 Å². The number of nitrogens with zero attached hydrogens (tertiary/aromatic N) is 2. The largest absolute Gasteiger partial charge is 0.379 e. The Morgan fingerprint density at radius 2 is 2.10 bits per heavy atom. The number of ether oxygens (including phenoxy) is 1. The van der Waals surface area contributed by atoms with Crippen molar-refractivity contribution in [2.45, 2.75) is 13.8 Å². The molecular formula is C21H23BrClFN4O3. The van der Waals surface area contributed by atoms with Gasteiger partial charge < -0.3 is 14.6 Å². The van der Waals surface area contributed by atoms with E-state index in [-0.39, 0.29) is 23.4 Å². The summed E-state index contributed by atoms with van der Waals surface area (Å²) in [6, 6.07) is 6.65. The number of anilines is 2. The Labute approximate surface area is 193 Å². The van der Waals surface area contributed by atoms with E-state index >= 15 is 4.39 Å². The van der Waals surface area contributed by atoms with Gasteiger partial charge in [0.15, 0.2) is 5.82 Å². The van der Waals surface area contributed by atoms with E-state index in [0.717, 1.165) is 4.47 Å². The highest BCUT2D eigenvalue weighted by atomic mass is 79.9. The van der Waals surface area contributed by atoms with E-state index in [4.69, 9.17) is 21.2 Å². The van der Waals surface area contributed by atoms with Gasteiger partial charge in [0, 0.05) is 18.1 Å². The molecule has 7 nitrogen and oxygen atoms in total. The molecule has 1 heterocycles. The molecule has 0 unspecified atom stereocenters. The molecule has 0 atom stereocenters. The first-order valence-electron chi connectivity index (χ1n) is 9.63. The van der Waals surface area contributed by atoms with E-state index in [1.165, 1.54) is 6.33 Å². The molecule has 10 heteroatoms. The lowest BCUT2D eigenvalue weighted by Gasteiger charge is -2.15. The quantitative estimate of drug-likeness (QED) is 0.304. The molecule has 0 saturated carbocycles.